The van der Waals surface area contributed by atoms with Crippen LogP contribution in [0.15, 0.2) is 48.7 Å². The zero-order valence-corrected chi connectivity index (χ0v) is 37.1. The van der Waals surface area contributed by atoms with Crippen LogP contribution in [0.2, 0.25) is 0 Å². The molecule has 2 saturated heterocycles. The fraction of sp³-hybridized carbons (Fsp3) is 0.500. The first-order valence-electron chi connectivity index (χ1n) is 21.6. The number of aromatic amines is 2. The van der Waals surface area contributed by atoms with Gasteiger partial charge in [0.25, 0.3) is 0 Å². The summed E-state index contributed by atoms with van der Waals surface area (Å²) >= 11 is 0. The van der Waals surface area contributed by atoms with Crippen molar-refractivity contribution in [2.75, 3.05) is 41.6 Å². The van der Waals surface area contributed by atoms with Crippen molar-refractivity contribution in [3.63, 3.8) is 0 Å². The second kappa shape index (κ2) is 18.2. The lowest BCUT2D eigenvalue weighted by molar-refractivity contribution is -0.137. The number of aromatic nitrogens is 4. The van der Waals surface area contributed by atoms with Crippen molar-refractivity contribution in [2.24, 2.45) is 11.8 Å². The first-order chi connectivity index (χ1) is 30.3. The number of carbonyl (C=O) groups excluding carboxylic acids is 3. The lowest BCUT2D eigenvalue weighted by Crippen LogP contribution is -2.55. The molecule has 8 rings (SSSR count). The molecule has 8 atom stereocenters. The van der Waals surface area contributed by atoms with Crippen LogP contribution in [0.3, 0.4) is 0 Å². The van der Waals surface area contributed by atoms with Crippen molar-refractivity contribution >= 4 is 39.9 Å². The third kappa shape index (κ3) is 8.42. The number of amides is 3. The number of nitrogens with one attached hydrogen (secondary N) is 4. The zero-order chi connectivity index (χ0) is 44.7. The first-order valence-corrected chi connectivity index (χ1v) is 21.6. The standard InChI is InChI=1S/C46H58N8O9/c1-23(2)38(51-45(57)61-7)44(56)54-24(3)9-14-35(54)42-48-33-13-11-27-17-32-30-12-10-28(16-29(30)22-63-37(32)18-31(27)40(33)50-42)34-19-47-41(49-34)36-15-26(21-59-5)20-53(36)43(55)39(25(4)60-6)52-46(58)62-8/h10-13,16-19,23-26,35-36,38-39,44,56H,9,14-15,20-22H2,1-8H3,(H,47,49)(H,48,50)(H,51,57)(H,52,58)/t24-,25+,26?,35-,36-,38-,39?,44?/m0/s1. The van der Waals surface area contributed by atoms with Gasteiger partial charge in [0.2, 0.25) is 5.91 Å². The van der Waals surface area contributed by atoms with Gasteiger partial charge in [-0.2, -0.15) is 0 Å². The van der Waals surface area contributed by atoms with Gasteiger partial charge < -0.3 is 54.3 Å². The minimum absolute atomic E-state index is 0.0426. The van der Waals surface area contributed by atoms with Gasteiger partial charge in [-0.25, -0.2) is 19.6 Å². The molecule has 0 aliphatic carbocycles. The van der Waals surface area contributed by atoms with Gasteiger partial charge in [0.05, 0.1) is 68.0 Å². The van der Waals surface area contributed by atoms with Gasteiger partial charge in [-0.05, 0) is 85.4 Å². The van der Waals surface area contributed by atoms with E-state index in [2.05, 4.69) is 68.8 Å². The molecular weight excluding hydrogens is 809 g/mol. The average molecular weight is 867 g/mol. The number of carbonyl (C=O) groups is 3. The number of imidazole rings is 2. The second-order valence-corrected chi connectivity index (χ2v) is 17.3. The van der Waals surface area contributed by atoms with Gasteiger partial charge in [-0.15, -0.1) is 0 Å². The number of alkyl carbamates (subject to hydrolysis) is 2. The molecule has 5 aromatic rings. The summed E-state index contributed by atoms with van der Waals surface area (Å²) in [5, 5.41) is 19.2. The summed E-state index contributed by atoms with van der Waals surface area (Å²) in [5.41, 5.74) is 6.53. The van der Waals surface area contributed by atoms with E-state index in [1.54, 1.807) is 25.1 Å². The van der Waals surface area contributed by atoms with E-state index in [1.165, 1.54) is 21.3 Å². The van der Waals surface area contributed by atoms with Crippen LogP contribution < -0.4 is 15.4 Å². The fourth-order valence-corrected chi connectivity index (χ4v) is 9.65. The number of aliphatic hydroxyl groups excluding tert-OH is 1. The number of likely N-dealkylation sites (tertiary alicyclic amines) is 2. The Morgan fingerprint density at radius 1 is 0.937 bits per heavy atom. The van der Waals surface area contributed by atoms with Crippen LogP contribution in [-0.4, -0.2) is 125 Å². The third-order valence-corrected chi connectivity index (χ3v) is 13.1. The molecule has 17 heteroatoms. The maximum Gasteiger partial charge on any atom is 0.407 e. The lowest BCUT2D eigenvalue weighted by Gasteiger charge is -2.38. The highest BCUT2D eigenvalue weighted by Gasteiger charge is 2.44. The van der Waals surface area contributed by atoms with Gasteiger partial charge >= 0.3 is 12.2 Å². The summed E-state index contributed by atoms with van der Waals surface area (Å²) in [6.07, 6.45) is 1.24. The summed E-state index contributed by atoms with van der Waals surface area (Å²) in [6, 6.07) is 12.6. The number of H-pyrrole nitrogens is 2. The highest BCUT2D eigenvalue weighted by atomic mass is 16.5. The van der Waals surface area contributed by atoms with Crippen molar-refractivity contribution in [1.29, 1.82) is 0 Å². The van der Waals surface area contributed by atoms with Crippen molar-refractivity contribution < 1.29 is 43.2 Å². The molecule has 336 valence electrons. The Morgan fingerprint density at radius 2 is 1.71 bits per heavy atom. The largest absolute Gasteiger partial charge is 0.488 e. The number of nitrogens with zero attached hydrogens (tertiary/aromatic N) is 4. The summed E-state index contributed by atoms with van der Waals surface area (Å²) in [5.74, 6) is 1.91. The third-order valence-electron chi connectivity index (χ3n) is 13.1. The van der Waals surface area contributed by atoms with Crippen LogP contribution in [0.25, 0.3) is 44.2 Å². The van der Waals surface area contributed by atoms with E-state index in [9.17, 15) is 19.5 Å². The SMILES string of the molecule is COCC1C[C@@H](c2ncc(-c3ccc4c(c3)COc3cc5c(ccc6nc([C@@H]7CC[C@H](C)N7C(O)[C@@H](NC(=O)OC)C(C)C)[nH]c65)cc3-4)[nH]2)N(C(=O)C(NC(=O)OC)[C@@H](C)OC)C1. The molecule has 0 spiro atoms. The average Bonchev–Trinajstić information content (AvgIpc) is 4.11. The molecule has 3 aliphatic heterocycles. The van der Waals surface area contributed by atoms with Crippen molar-refractivity contribution in [1.82, 2.24) is 40.4 Å². The van der Waals surface area contributed by atoms with Gasteiger partial charge in [0, 0.05) is 43.7 Å². The van der Waals surface area contributed by atoms with Crippen molar-refractivity contribution in [2.45, 2.75) is 96.1 Å². The highest BCUT2D eigenvalue weighted by molar-refractivity contribution is 6.07. The molecule has 0 radical (unpaired) electrons. The Morgan fingerprint density at radius 3 is 2.44 bits per heavy atom. The van der Waals surface area contributed by atoms with Crippen LogP contribution in [-0.2, 0) is 30.3 Å². The maximum absolute atomic E-state index is 14.0. The molecule has 17 nitrogen and oxygen atoms in total. The minimum Gasteiger partial charge on any atom is -0.488 e. The van der Waals surface area contributed by atoms with Crippen LogP contribution in [0.4, 0.5) is 9.59 Å². The summed E-state index contributed by atoms with van der Waals surface area (Å²) in [6.45, 7) is 9.02. The summed E-state index contributed by atoms with van der Waals surface area (Å²) in [7, 11) is 5.71. The van der Waals surface area contributed by atoms with Gasteiger partial charge in [0.15, 0.2) is 0 Å². The first kappa shape index (κ1) is 43.9. The fourth-order valence-electron chi connectivity index (χ4n) is 9.65. The Hall–Kier alpha value is -5.75. The number of ether oxygens (including phenoxy) is 5. The molecule has 2 aromatic heterocycles. The zero-order valence-electron chi connectivity index (χ0n) is 37.1. The molecule has 0 bridgehead atoms. The molecule has 3 unspecified atom stereocenters. The van der Waals surface area contributed by atoms with E-state index in [1.807, 2.05) is 19.9 Å². The molecule has 63 heavy (non-hydrogen) atoms. The molecular formula is C46H58N8O9. The van der Waals surface area contributed by atoms with E-state index in [0.717, 1.165) is 74.2 Å². The van der Waals surface area contributed by atoms with E-state index in [4.69, 9.17) is 33.7 Å². The monoisotopic (exact) mass is 866 g/mol. The minimum atomic E-state index is -0.960. The maximum atomic E-state index is 14.0. The quantitative estimate of drug-likeness (QED) is 0.0900. The smallest absolute Gasteiger partial charge is 0.407 e. The van der Waals surface area contributed by atoms with E-state index >= 15 is 0 Å². The summed E-state index contributed by atoms with van der Waals surface area (Å²) < 4.78 is 27.1. The number of rotatable bonds is 13. The van der Waals surface area contributed by atoms with Gasteiger partial charge in [-0.3, -0.25) is 9.69 Å². The Balaban J connectivity index is 1.05. The van der Waals surface area contributed by atoms with E-state index < -0.39 is 36.6 Å². The molecule has 2 fully saturated rings. The Kier molecular flexibility index (Phi) is 12.6. The second-order valence-electron chi connectivity index (χ2n) is 17.3. The van der Waals surface area contributed by atoms with Crippen LogP contribution in [0, 0.1) is 11.8 Å². The van der Waals surface area contributed by atoms with Crippen LogP contribution in [0.5, 0.6) is 5.75 Å². The lowest BCUT2D eigenvalue weighted by atomic mass is 9.92. The Labute approximate surface area is 366 Å². The van der Waals surface area contributed by atoms with Gasteiger partial charge in [0.1, 0.15) is 36.3 Å². The molecule has 5 heterocycles. The topological polar surface area (TPSA) is 205 Å². The number of hydrogen-bond acceptors (Lipinski definition) is 12. The number of methoxy groups -OCH3 is 4. The van der Waals surface area contributed by atoms with Crippen LogP contribution in [0.1, 0.15) is 76.3 Å². The highest BCUT2D eigenvalue weighted by Crippen LogP contribution is 2.44. The summed E-state index contributed by atoms with van der Waals surface area (Å²) in [4.78, 5) is 59.2. The van der Waals surface area contributed by atoms with Crippen LogP contribution >= 0.6 is 0 Å². The molecule has 3 aromatic carbocycles. The number of hydrogen-bond donors (Lipinski definition) is 5. The number of benzene rings is 3. The molecule has 3 amide bonds. The predicted molar refractivity (Wildman–Crippen MR) is 235 cm³/mol. The number of aliphatic hydroxyl groups is 1. The molecule has 3 aliphatic rings. The number of fused-ring (bicyclic) bond motifs is 6. The predicted octanol–water partition coefficient (Wildman–Crippen LogP) is 6.19. The van der Waals surface area contributed by atoms with E-state index in [0.29, 0.717) is 32.0 Å². The van der Waals surface area contributed by atoms with Crippen molar-refractivity contribution in [3.8, 4) is 28.1 Å². The normalized spacial score (nSPS) is 21.7. The van der Waals surface area contributed by atoms with Crippen molar-refractivity contribution in [3.05, 3.63) is 65.9 Å². The van der Waals surface area contributed by atoms with E-state index in [-0.39, 0.29) is 35.9 Å². The van der Waals surface area contributed by atoms with Gasteiger partial charge in [-0.1, -0.05) is 32.0 Å². The molecule has 5 N–H and O–H groups in total. The Bertz CT molecular complexity index is 2490. The molecule has 0 saturated carbocycles.